The van der Waals surface area contributed by atoms with Crippen LogP contribution in [0.5, 0.6) is 5.75 Å². The van der Waals surface area contributed by atoms with Crippen LogP contribution in [0, 0.1) is 0 Å². The largest absolute Gasteiger partial charge is 0.489 e. The number of para-hydroxylation sites is 1. The lowest BCUT2D eigenvalue weighted by atomic mass is 10.1. The Bertz CT molecular complexity index is 1110. The van der Waals surface area contributed by atoms with Crippen molar-refractivity contribution in [2.45, 2.75) is 20.0 Å². The number of anilines is 2. The highest BCUT2D eigenvalue weighted by Gasteiger charge is 2.21. The summed E-state index contributed by atoms with van der Waals surface area (Å²) in [6.45, 7) is 2.09. The summed E-state index contributed by atoms with van der Waals surface area (Å²) < 4.78 is 31.5. The maximum Gasteiger partial charge on any atom is 0.245 e. The van der Waals surface area contributed by atoms with Gasteiger partial charge in [-0.1, -0.05) is 55.5 Å². The molecule has 31 heavy (non-hydrogen) atoms. The van der Waals surface area contributed by atoms with Crippen LogP contribution in [0.3, 0.4) is 0 Å². The van der Waals surface area contributed by atoms with Crippen molar-refractivity contribution in [2.24, 2.45) is 0 Å². The summed E-state index contributed by atoms with van der Waals surface area (Å²) in [5.41, 5.74) is 3.11. The van der Waals surface area contributed by atoms with Gasteiger partial charge in [-0.2, -0.15) is 0 Å². The summed E-state index contributed by atoms with van der Waals surface area (Å²) in [6, 6.07) is 23.9. The molecule has 1 N–H and O–H groups in total. The molecule has 162 valence electrons. The molecule has 6 nitrogen and oxygen atoms in total. The predicted molar refractivity (Wildman–Crippen MR) is 124 cm³/mol. The van der Waals surface area contributed by atoms with Crippen molar-refractivity contribution in [1.82, 2.24) is 0 Å². The van der Waals surface area contributed by atoms with Crippen LogP contribution in [0.4, 0.5) is 11.4 Å². The highest BCUT2D eigenvalue weighted by atomic mass is 32.2. The van der Waals surface area contributed by atoms with Crippen LogP contribution < -0.4 is 14.4 Å². The number of rotatable bonds is 9. The number of aryl methyl sites for hydroxylation is 1. The molecule has 0 heterocycles. The average molecular weight is 439 g/mol. The van der Waals surface area contributed by atoms with E-state index in [1.165, 1.54) is 0 Å². The van der Waals surface area contributed by atoms with Crippen molar-refractivity contribution >= 4 is 27.3 Å². The molecule has 0 aliphatic carbocycles. The van der Waals surface area contributed by atoms with Gasteiger partial charge in [-0.3, -0.25) is 9.10 Å². The lowest BCUT2D eigenvalue weighted by Gasteiger charge is -2.22. The summed E-state index contributed by atoms with van der Waals surface area (Å²) in [6.07, 6.45) is 1.84. The molecule has 0 aromatic heterocycles. The second-order valence-electron chi connectivity index (χ2n) is 7.10. The fourth-order valence-electron chi connectivity index (χ4n) is 3.12. The SMILES string of the molecule is CCc1ccccc1NC(=O)CN(c1ccc(OCc2ccccc2)cc1)S(C)(=O)=O. The zero-order valence-corrected chi connectivity index (χ0v) is 18.4. The molecule has 0 saturated carbocycles. The van der Waals surface area contributed by atoms with Crippen molar-refractivity contribution in [3.8, 4) is 5.75 Å². The average Bonchev–Trinajstić information content (AvgIpc) is 2.77. The Hall–Kier alpha value is -3.32. The van der Waals surface area contributed by atoms with Gasteiger partial charge in [0.25, 0.3) is 0 Å². The van der Waals surface area contributed by atoms with E-state index in [1.54, 1.807) is 30.3 Å². The molecule has 0 spiro atoms. The van der Waals surface area contributed by atoms with Crippen molar-refractivity contribution in [1.29, 1.82) is 0 Å². The van der Waals surface area contributed by atoms with E-state index in [1.807, 2.05) is 55.5 Å². The molecule has 0 radical (unpaired) electrons. The fourth-order valence-corrected chi connectivity index (χ4v) is 3.98. The third kappa shape index (κ3) is 6.33. The molecule has 1 amide bonds. The van der Waals surface area contributed by atoms with Gasteiger partial charge in [-0.15, -0.1) is 0 Å². The van der Waals surface area contributed by atoms with Crippen LogP contribution in [0.15, 0.2) is 78.9 Å². The minimum absolute atomic E-state index is 0.318. The van der Waals surface area contributed by atoms with Crippen molar-refractivity contribution in [2.75, 3.05) is 22.4 Å². The van der Waals surface area contributed by atoms with E-state index in [0.29, 0.717) is 23.7 Å². The Kier molecular flexibility index (Phi) is 7.31. The Morgan fingerprint density at radius 2 is 1.58 bits per heavy atom. The molecule has 3 rings (SSSR count). The number of hydrogen-bond acceptors (Lipinski definition) is 4. The first kappa shape index (κ1) is 22.4. The monoisotopic (exact) mass is 438 g/mol. The number of benzene rings is 3. The van der Waals surface area contributed by atoms with E-state index in [4.69, 9.17) is 4.74 Å². The summed E-state index contributed by atoms with van der Waals surface area (Å²) in [5, 5.41) is 2.81. The topological polar surface area (TPSA) is 75.7 Å². The molecule has 3 aromatic rings. The number of sulfonamides is 1. The van der Waals surface area contributed by atoms with Gasteiger partial charge >= 0.3 is 0 Å². The molecular formula is C24H26N2O4S. The molecule has 0 fully saturated rings. The first-order valence-corrected chi connectivity index (χ1v) is 11.8. The number of carbonyl (C=O) groups is 1. The van der Waals surface area contributed by atoms with E-state index < -0.39 is 15.9 Å². The van der Waals surface area contributed by atoms with E-state index in [9.17, 15) is 13.2 Å². The van der Waals surface area contributed by atoms with Gasteiger partial charge in [0.2, 0.25) is 15.9 Å². The van der Waals surface area contributed by atoms with Crippen molar-refractivity contribution in [3.05, 3.63) is 90.0 Å². The van der Waals surface area contributed by atoms with Crippen molar-refractivity contribution < 1.29 is 17.9 Å². The Labute approximate surface area is 183 Å². The molecular weight excluding hydrogens is 412 g/mol. The van der Waals surface area contributed by atoms with Gasteiger partial charge in [-0.25, -0.2) is 8.42 Å². The smallest absolute Gasteiger partial charge is 0.245 e. The van der Waals surface area contributed by atoms with Crippen molar-refractivity contribution in [3.63, 3.8) is 0 Å². The highest BCUT2D eigenvalue weighted by Crippen LogP contribution is 2.23. The van der Waals surface area contributed by atoms with Gasteiger partial charge in [0.1, 0.15) is 18.9 Å². The summed E-state index contributed by atoms with van der Waals surface area (Å²) in [4.78, 5) is 12.6. The Morgan fingerprint density at radius 3 is 2.23 bits per heavy atom. The predicted octanol–water partition coefficient (Wildman–Crippen LogP) is 4.23. The highest BCUT2D eigenvalue weighted by molar-refractivity contribution is 7.92. The van der Waals surface area contributed by atoms with Crippen LogP contribution in [0.2, 0.25) is 0 Å². The first-order valence-electron chi connectivity index (χ1n) is 9.99. The number of carbonyl (C=O) groups excluding carboxylic acids is 1. The summed E-state index contributed by atoms with van der Waals surface area (Å²) >= 11 is 0. The Morgan fingerprint density at radius 1 is 0.935 bits per heavy atom. The molecule has 0 unspecified atom stereocenters. The van der Waals surface area contributed by atoms with Crippen LogP contribution in [-0.4, -0.2) is 27.1 Å². The second-order valence-corrected chi connectivity index (χ2v) is 9.00. The number of nitrogens with zero attached hydrogens (tertiary/aromatic N) is 1. The number of hydrogen-bond donors (Lipinski definition) is 1. The zero-order chi connectivity index (χ0) is 22.3. The number of nitrogens with one attached hydrogen (secondary N) is 1. The maximum absolute atomic E-state index is 12.6. The van der Waals surface area contributed by atoms with E-state index in [2.05, 4.69) is 5.32 Å². The third-order valence-corrected chi connectivity index (χ3v) is 5.87. The quantitative estimate of drug-likeness (QED) is 0.542. The van der Waals surface area contributed by atoms with Gasteiger partial charge in [0.15, 0.2) is 0 Å². The van der Waals surface area contributed by atoms with Gasteiger partial charge in [0, 0.05) is 5.69 Å². The summed E-state index contributed by atoms with van der Waals surface area (Å²) in [7, 11) is -3.66. The molecule has 0 atom stereocenters. The van der Waals surface area contributed by atoms with E-state index >= 15 is 0 Å². The number of amides is 1. The van der Waals surface area contributed by atoms with E-state index in [0.717, 1.165) is 28.1 Å². The molecule has 0 saturated heterocycles. The first-order chi connectivity index (χ1) is 14.9. The van der Waals surface area contributed by atoms with Crippen LogP contribution in [-0.2, 0) is 27.8 Å². The second kappa shape index (κ2) is 10.1. The minimum atomic E-state index is -3.66. The lowest BCUT2D eigenvalue weighted by molar-refractivity contribution is -0.114. The van der Waals surface area contributed by atoms with Crippen LogP contribution >= 0.6 is 0 Å². The molecule has 0 aliphatic rings. The molecule has 0 aliphatic heterocycles. The standard InChI is InChI=1S/C24H26N2O4S/c1-3-20-11-7-8-12-23(20)25-24(27)17-26(31(2,28)29)21-13-15-22(16-14-21)30-18-19-9-5-4-6-10-19/h4-16H,3,17-18H2,1-2H3,(H,25,27). The fraction of sp³-hybridized carbons (Fsp3) is 0.208. The molecule has 0 bridgehead atoms. The van der Waals surface area contributed by atoms with Crippen LogP contribution in [0.25, 0.3) is 0 Å². The molecule has 7 heteroatoms. The van der Waals surface area contributed by atoms with Gasteiger partial charge < -0.3 is 10.1 Å². The van der Waals surface area contributed by atoms with Crippen LogP contribution in [0.1, 0.15) is 18.1 Å². The minimum Gasteiger partial charge on any atom is -0.489 e. The Balaban J connectivity index is 1.70. The number of ether oxygens (including phenoxy) is 1. The summed E-state index contributed by atoms with van der Waals surface area (Å²) in [5.74, 6) is 0.207. The zero-order valence-electron chi connectivity index (χ0n) is 17.6. The van der Waals surface area contributed by atoms with Gasteiger partial charge in [0.05, 0.1) is 11.9 Å². The maximum atomic E-state index is 12.6. The van der Waals surface area contributed by atoms with Gasteiger partial charge in [-0.05, 0) is 47.9 Å². The lowest BCUT2D eigenvalue weighted by Crippen LogP contribution is -2.37. The molecule has 3 aromatic carbocycles. The van der Waals surface area contributed by atoms with E-state index in [-0.39, 0.29) is 6.54 Å². The third-order valence-electron chi connectivity index (χ3n) is 4.73. The normalized spacial score (nSPS) is 11.0.